The first-order valence-electron chi connectivity index (χ1n) is 12.7. The van der Waals surface area contributed by atoms with Crippen molar-refractivity contribution < 1.29 is 18.7 Å². The summed E-state index contributed by atoms with van der Waals surface area (Å²) in [6.07, 6.45) is 0.00816. The van der Waals surface area contributed by atoms with Crippen molar-refractivity contribution in [3.63, 3.8) is 0 Å². The molecule has 196 valence electrons. The van der Waals surface area contributed by atoms with Crippen LogP contribution in [0.4, 0.5) is 14.9 Å². The number of anilines is 1. The summed E-state index contributed by atoms with van der Waals surface area (Å²) in [6, 6.07) is 33.2. The quantitative estimate of drug-likeness (QED) is 0.202. The van der Waals surface area contributed by atoms with E-state index in [9.17, 15) is 9.18 Å². The number of aromatic nitrogens is 2. The minimum atomic E-state index is -0.770. The van der Waals surface area contributed by atoms with Crippen LogP contribution in [0.5, 0.6) is 11.5 Å². The molecule has 5 rings (SSSR count). The van der Waals surface area contributed by atoms with Crippen LogP contribution in [0.2, 0.25) is 0 Å². The first kappa shape index (κ1) is 25.7. The predicted octanol–water partition coefficient (Wildman–Crippen LogP) is 7.74. The average molecular weight is 522 g/mol. The van der Waals surface area contributed by atoms with E-state index >= 15 is 0 Å². The summed E-state index contributed by atoms with van der Waals surface area (Å²) < 4.78 is 26.9. The fourth-order valence-electron chi connectivity index (χ4n) is 4.34. The number of hydrogen-bond donors (Lipinski definition) is 1. The van der Waals surface area contributed by atoms with Crippen molar-refractivity contribution in [3.8, 4) is 34.0 Å². The minimum absolute atomic E-state index is 0.130. The van der Waals surface area contributed by atoms with Gasteiger partial charge in [0.1, 0.15) is 11.6 Å². The number of benzene rings is 4. The van der Waals surface area contributed by atoms with E-state index in [1.54, 1.807) is 30.3 Å². The Balaban J connectivity index is 1.19. The van der Waals surface area contributed by atoms with Crippen molar-refractivity contribution in [2.24, 2.45) is 0 Å². The summed E-state index contributed by atoms with van der Waals surface area (Å²) in [5.41, 5.74) is 4.78. The van der Waals surface area contributed by atoms with Crippen LogP contribution in [0, 0.1) is 12.7 Å². The van der Waals surface area contributed by atoms with Crippen molar-refractivity contribution in [2.75, 3.05) is 11.9 Å². The molecule has 0 saturated heterocycles. The van der Waals surface area contributed by atoms with Crippen LogP contribution < -0.4 is 14.8 Å². The number of rotatable bonds is 9. The van der Waals surface area contributed by atoms with Gasteiger partial charge < -0.3 is 14.0 Å². The highest BCUT2D eigenvalue weighted by Gasteiger charge is 2.17. The van der Waals surface area contributed by atoms with Crippen molar-refractivity contribution in [3.05, 3.63) is 121 Å². The smallest absolute Gasteiger partial charge is 0.417 e. The van der Waals surface area contributed by atoms with Gasteiger partial charge in [-0.1, -0.05) is 72.8 Å². The molecule has 0 unspecified atom stereocenters. The number of nitrogens with one attached hydrogen (secondary N) is 1. The first-order chi connectivity index (χ1) is 19.1. The van der Waals surface area contributed by atoms with Gasteiger partial charge in [0, 0.05) is 23.4 Å². The molecule has 0 aliphatic carbocycles. The summed E-state index contributed by atoms with van der Waals surface area (Å²) in [5.74, 6) is 0.896. The Morgan fingerprint density at radius 3 is 2.18 bits per heavy atom. The normalized spacial score (nSPS) is 10.7. The number of halogens is 1. The monoisotopic (exact) mass is 521 g/mol. The van der Waals surface area contributed by atoms with E-state index in [1.807, 2.05) is 43.3 Å². The highest BCUT2D eigenvalue weighted by atomic mass is 19.1. The summed E-state index contributed by atoms with van der Waals surface area (Å²) in [7, 11) is 0. The Kier molecular flexibility index (Phi) is 7.98. The molecular formula is C32H28FN3O3. The van der Waals surface area contributed by atoms with Crippen LogP contribution in [0.25, 0.3) is 22.5 Å². The van der Waals surface area contributed by atoms with E-state index in [-0.39, 0.29) is 5.75 Å². The lowest BCUT2D eigenvalue weighted by Crippen LogP contribution is -2.17. The Hall–Kier alpha value is -4.91. The number of nitrogens with zero attached hydrogens (tertiary/aromatic N) is 2. The third-order valence-electron chi connectivity index (χ3n) is 6.19. The van der Waals surface area contributed by atoms with Gasteiger partial charge in [0.2, 0.25) is 0 Å². The van der Waals surface area contributed by atoms with Gasteiger partial charge in [-0.3, -0.25) is 5.32 Å². The number of hydrogen-bond acceptors (Lipinski definition) is 4. The maximum absolute atomic E-state index is 13.7. The average Bonchev–Trinajstić information content (AvgIpc) is 3.30. The van der Waals surface area contributed by atoms with Gasteiger partial charge in [-0.05, 0) is 49.7 Å². The number of aryl methyl sites for hydroxylation is 1. The molecular weight excluding hydrogens is 493 g/mol. The van der Waals surface area contributed by atoms with Gasteiger partial charge in [-0.2, -0.15) is 0 Å². The van der Waals surface area contributed by atoms with Crippen molar-refractivity contribution in [1.29, 1.82) is 0 Å². The van der Waals surface area contributed by atoms with Crippen molar-refractivity contribution >= 4 is 11.8 Å². The Bertz CT molecular complexity index is 1530. The van der Waals surface area contributed by atoms with Crippen LogP contribution in [0.3, 0.4) is 0 Å². The van der Waals surface area contributed by atoms with E-state index in [4.69, 9.17) is 14.5 Å². The largest absolute Gasteiger partial charge is 0.494 e. The number of para-hydroxylation sites is 1. The molecule has 0 fully saturated rings. The van der Waals surface area contributed by atoms with Crippen LogP contribution >= 0.6 is 0 Å². The van der Waals surface area contributed by atoms with Crippen LogP contribution in [0.15, 0.2) is 109 Å². The van der Waals surface area contributed by atoms with Crippen molar-refractivity contribution in [2.45, 2.75) is 19.9 Å². The maximum atomic E-state index is 13.7. The molecule has 0 saturated carbocycles. The molecule has 39 heavy (non-hydrogen) atoms. The second-order valence-corrected chi connectivity index (χ2v) is 8.91. The van der Waals surface area contributed by atoms with E-state index in [0.717, 1.165) is 41.3 Å². The van der Waals surface area contributed by atoms with Gasteiger partial charge in [0.25, 0.3) is 0 Å². The molecule has 0 atom stereocenters. The van der Waals surface area contributed by atoms with Crippen LogP contribution in [0.1, 0.15) is 12.2 Å². The number of imidazole rings is 1. The number of carbonyl (C=O) groups excluding carboxylic acids is 1. The molecule has 1 aromatic heterocycles. The van der Waals surface area contributed by atoms with E-state index in [0.29, 0.717) is 18.0 Å². The molecule has 0 spiro atoms. The lowest BCUT2D eigenvalue weighted by atomic mass is 10.0. The highest BCUT2D eigenvalue weighted by Crippen LogP contribution is 2.33. The third-order valence-corrected chi connectivity index (χ3v) is 6.19. The molecule has 7 heteroatoms. The molecule has 0 radical (unpaired) electrons. The number of ether oxygens (including phenoxy) is 2. The van der Waals surface area contributed by atoms with Gasteiger partial charge in [-0.25, -0.2) is 14.2 Å². The van der Waals surface area contributed by atoms with E-state index in [2.05, 4.69) is 34.1 Å². The second kappa shape index (κ2) is 12.1. The summed E-state index contributed by atoms with van der Waals surface area (Å²) >= 11 is 0. The maximum Gasteiger partial charge on any atom is 0.417 e. The minimum Gasteiger partial charge on any atom is -0.494 e. The zero-order valence-corrected chi connectivity index (χ0v) is 21.5. The number of carbonyl (C=O) groups is 1. The lowest BCUT2D eigenvalue weighted by molar-refractivity contribution is 0.213. The first-order valence-corrected chi connectivity index (χ1v) is 12.7. The van der Waals surface area contributed by atoms with Gasteiger partial charge in [0.15, 0.2) is 11.6 Å². The Morgan fingerprint density at radius 2 is 1.49 bits per heavy atom. The molecule has 4 aromatic carbocycles. The molecule has 0 aliphatic heterocycles. The van der Waals surface area contributed by atoms with Gasteiger partial charge in [0.05, 0.1) is 18.0 Å². The SMILES string of the molecule is Cc1nc(-c2ccccc2)c(-c2ccccc2)n1CCCOc1ccc(NC(=O)Oc2ccccc2F)cc1. The van der Waals surface area contributed by atoms with Gasteiger partial charge >= 0.3 is 6.09 Å². The zero-order chi connectivity index (χ0) is 27.0. The fourth-order valence-corrected chi connectivity index (χ4v) is 4.34. The summed E-state index contributed by atoms with van der Waals surface area (Å²) in [4.78, 5) is 17.0. The predicted molar refractivity (Wildman–Crippen MR) is 150 cm³/mol. The molecule has 0 aliphatic rings. The molecule has 0 bridgehead atoms. The fraction of sp³-hybridized carbons (Fsp3) is 0.125. The Morgan fingerprint density at radius 1 is 0.846 bits per heavy atom. The van der Waals surface area contributed by atoms with E-state index < -0.39 is 11.9 Å². The molecule has 5 aromatic rings. The van der Waals surface area contributed by atoms with Crippen LogP contribution in [-0.4, -0.2) is 22.3 Å². The highest BCUT2D eigenvalue weighted by molar-refractivity contribution is 5.86. The standard InChI is InChI=1S/C32H28FN3O3/c1-23-34-30(24-11-4-2-5-12-24)31(25-13-6-3-7-14-25)36(23)21-10-22-38-27-19-17-26(18-20-27)35-32(37)39-29-16-9-8-15-28(29)33/h2-9,11-20H,10,21-22H2,1H3,(H,35,37). The topological polar surface area (TPSA) is 65.4 Å². The summed E-state index contributed by atoms with van der Waals surface area (Å²) in [5, 5.41) is 2.58. The summed E-state index contributed by atoms with van der Waals surface area (Å²) in [6.45, 7) is 3.29. The lowest BCUT2D eigenvalue weighted by Gasteiger charge is -2.13. The molecule has 6 nitrogen and oxygen atoms in total. The second-order valence-electron chi connectivity index (χ2n) is 8.91. The molecule has 1 amide bonds. The third kappa shape index (κ3) is 6.33. The molecule has 1 heterocycles. The van der Waals surface area contributed by atoms with Crippen molar-refractivity contribution in [1.82, 2.24) is 9.55 Å². The van der Waals surface area contributed by atoms with Gasteiger partial charge in [-0.15, -0.1) is 0 Å². The zero-order valence-electron chi connectivity index (χ0n) is 21.5. The van der Waals surface area contributed by atoms with E-state index in [1.165, 1.54) is 18.2 Å². The Labute approximate surface area is 226 Å². The molecule has 1 N–H and O–H groups in total. The van der Waals surface area contributed by atoms with Crippen LogP contribution in [-0.2, 0) is 6.54 Å². The number of amides is 1.